The number of nitrogens with two attached hydrogens (primary N) is 1. The molecule has 4 nitrogen and oxygen atoms in total. The van der Waals surface area contributed by atoms with E-state index in [1.807, 2.05) is 6.92 Å². The van der Waals surface area contributed by atoms with Gasteiger partial charge < -0.3 is 5.73 Å². The molecular weight excluding hydrogens is 292 g/mol. The van der Waals surface area contributed by atoms with E-state index in [4.69, 9.17) is 5.73 Å². The number of sulfonamides is 1. The lowest BCUT2D eigenvalue weighted by molar-refractivity contribution is 0.301. The van der Waals surface area contributed by atoms with Crippen molar-refractivity contribution in [1.29, 1.82) is 0 Å². The predicted molar refractivity (Wildman–Crippen MR) is 83.3 cm³/mol. The molecule has 1 saturated carbocycles. The Morgan fingerprint density at radius 1 is 1.45 bits per heavy atom. The first-order chi connectivity index (χ1) is 9.46. The zero-order valence-electron chi connectivity index (χ0n) is 12.2. The molecular formula is C14H24N2O2S2. The van der Waals surface area contributed by atoms with Crippen LogP contribution in [-0.2, 0) is 16.6 Å². The average molecular weight is 316 g/mol. The number of hydrogen-bond acceptors (Lipinski definition) is 4. The molecule has 0 spiro atoms. The van der Waals surface area contributed by atoms with Gasteiger partial charge in [0.05, 0.1) is 4.90 Å². The SMILES string of the molecule is CCC1CCCC(NS(=O)(=O)c2cc(CN)sc2C)C1. The zero-order chi connectivity index (χ0) is 14.8. The maximum atomic E-state index is 12.5. The molecule has 2 unspecified atom stereocenters. The molecule has 1 heterocycles. The van der Waals surface area contributed by atoms with E-state index in [1.165, 1.54) is 17.8 Å². The summed E-state index contributed by atoms with van der Waals surface area (Å²) < 4.78 is 27.9. The van der Waals surface area contributed by atoms with Crippen molar-refractivity contribution in [1.82, 2.24) is 4.72 Å². The summed E-state index contributed by atoms with van der Waals surface area (Å²) in [5.74, 6) is 0.652. The third-order valence-electron chi connectivity index (χ3n) is 4.10. The van der Waals surface area contributed by atoms with E-state index in [2.05, 4.69) is 11.6 Å². The number of rotatable bonds is 5. The first kappa shape index (κ1) is 15.9. The molecule has 2 atom stereocenters. The van der Waals surface area contributed by atoms with Crippen LogP contribution >= 0.6 is 11.3 Å². The molecule has 0 bridgehead atoms. The molecule has 1 aromatic heterocycles. The van der Waals surface area contributed by atoms with E-state index in [9.17, 15) is 8.42 Å². The molecule has 3 N–H and O–H groups in total. The van der Waals surface area contributed by atoms with Crippen LogP contribution < -0.4 is 10.5 Å². The minimum atomic E-state index is -3.41. The van der Waals surface area contributed by atoms with Gasteiger partial charge in [-0.3, -0.25) is 0 Å². The summed E-state index contributed by atoms with van der Waals surface area (Å²) in [7, 11) is -3.41. The molecule has 0 amide bonds. The van der Waals surface area contributed by atoms with Crippen LogP contribution in [0.25, 0.3) is 0 Å². The lowest BCUT2D eigenvalue weighted by Gasteiger charge is -2.28. The minimum Gasteiger partial charge on any atom is -0.326 e. The van der Waals surface area contributed by atoms with E-state index in [1.54, 1.807) is 6.07 Å². The zero-order valence-corrected chi connectivity index (χ0v) is 13.8. The summed E-state index contributed by atoms with van der Waals surface area (Å²) in [6.07, 6.45) is 5.38. The first-order valence-electron chi connectivity index (χ1n) is 7.28. The van der Waals surface area contributed by atoms with Gasteiger partial charge in [-0.25, -0.2) is 13.1 Å². The van der Waals surface area contributed by atoms with Crippen molar-refractivity contribution in [2.45, 2.75) is 63.4 Å². The van der Waals surface area contributed by atoms with Crippen LogP contribution in [0.5, 0.6) is 0 Å². The summed E-state index contributed by atoms with van der Waals surface area (Å²) in [6, 6.07) is 1.79. The Balaban J connectivity index is 2.12. The highest BCUT2D eigenvalue weighted by Gasteiger charge is 2.27. The Morgan fingerprint density at radius 3 is 2.80 bits per heavy atom. The topological polar surface area (TPSA) is 72.2 Å². The molecule has 0 aromatic carbocycles. The van der Waals surface area contributed by atoms with E-state index >= 15 is 0 Å². The van der Waals surface area contributed by atoms with Gasteiger partial charge in [-0.1, -0.05) is 26.2 Å². The van der Waals surface area contributed by atoms with Gasteiger partial charge in [-0.15, -0.1) is 11.3 Å². The van der Waals surface area contributed by atoms with Crippen LogP contribution in [0.4, 0.5) is 0 Å². The molecule has 0 radical (unpaired) electrons. The highest BCUT2D eigenvalue weighted by atomic mass is 32.2. The molecule has 6 heteroatoms. The van der Waals surface area contributed by atoms with E-state index in [0.717, 1.165) is 35.4 Å². The second-order valence-electron chi connectivity index (χ2n) is 5.60. The smallest absolute Gasteiger partial charge is 0.241 e. The number of nitrogens with one attached hydrogen (secondary N) is 1. The lowest BCUT2D eigenvalue weighted by Crippen LogP contribution is -2.38. The molecule has 20 heavy (non-hydrogen) atoms. The van der Waals surface area contributed by atoms with E-state index < -0.39 is 10.0 Å². The van der Waals surface area contributed by atoms with Gasteiger partial charge in [0.15, 0.2) is 0 Å². The fraction of sp³-hybridized carbons (Fsp3) is 0.714. The van der Waals surface area contributed by atoms with E-state index in [-0.39, 0.29) is 6.04 Å². The third-order valence-corrected chi connectivity index (χ3v) is 6.94. The standard InChI is InChI=1S/C14H24N2O2S2/c1-3-11-5-4-6-12(7-11)16-20(17,18)14-8-13(9-15)19-10(14)2/h8,11-12,16H,3-7,9,15H2,1-2H3. The van der Waals surface area contributed by atoms with Crippen LogP contribution in [0.3, 0.4) is 0 Å². The van der Waals surface area contributed by atoms with Crippen molar-refractivity contribution in [2.24, 2.45) is 11.7 Å². The second kappa shape index (κ2) is 6.56. The van der Waals surface area contributed by atoms with Crippen molar-refractivity contribution in [3.63, 3.8) is 0 Å². The molecule has 1 aliphatic rings. The average Bonchev–Trinajstić information content (AvgIpc) is 2.80. The quantitative estimate of drug-likeness (QED) is 0.877. The Hall–Kier alpha value is -0.430. The molecule has 1 fully saturated rings. The van der Waals surface area contributed by atoms with Crippen LogP contribution in [0, 0.1) is 12.8 Å². The Bertz CT molecular complexity index is 552. The van der Waals surface area contributed by atoms with Crippen molar-refractivity contribution in [3.05, 3.63) is 15.8 Å². The van der Waals surface area contributed by atoms with Crippen LogP contribution in [0.15, 0.2) is 11.0 Å². The van der Waals surface area contributed by atoms with E-state index in [0.29, 0.717) is 17.4 Å². The largest absolute Gasteiger partial charge is 0.326 e. The fourth-order valence-electron chi connectivity index (χ4n) is 2.94. The summed E-state index contributed by atoms with van der Waals surface area (Å²) >= 11 is 1.46. The highest BCUT2D eigenvalue weighted by Crippen LogP contribution is 2.29. The molecule has 1 aromatic rings. The number of aryl methyl sites for hydroxylation is 1. The third kappa shape index (κ3) is 3.61. The normalized spacial score (nSPS) is 23.9. The molecule has 0 aliphatic heterocycles. The van der Waals surface area contributed by atoms with Crippen LogP contribution in [0.2, 0.25) is 0 Å². The molecule has 2 rings (SSSR count). The number of hydrogen-bond donors (Lipinski definition) is 2. The van der Waals surface area contributed by atoms with Gasteiger partial charge in [0, 0.05) is 22.3 Å². The van der Waals surface area contributed by atoms with Gasteiger partial charge in [-0.2, -0.15) is 0 Å². The van der Waals surface area contributed by atoms with Gasteiger partial charge in [0.2, 0.25) is 10.0 Å². The summed E-state index contributed by atoms with van der Waals surface area (Å²) in [4.78, 5) is 2.14. The monoisotopic (exact) mass is 316 g/mol. The van der Waals surface area contributed by atoms with Crippen LogP contribution in [0.1, 0.15) is 48.8 Å². The first-order valence-corrected chi connectivity index (χ1v) is 9.58. The molecule has 114 valence electrons. The fourth-order valence-corrected chi connectivity index (χ4v) is 5.74. The van der Waals surface area contributed by atoms with Gasteiger partial charge in [-0.05, 0) is 31.7 Å². The molecule has 0 saturated heterocycles. The lowest BCUT2D eigenvalue weighted by atomic mass is 9.85. The summed E-state index contributed by atoms with van der Waals surface area (Å²) in [5.41, 5.74) is 5.59. The Kier molecular flexibility index (Phi) is 5.23. The van der Waals surface area contributed by atoms with Crippen molar-refractivity contribution < 1.29 is 8.42 Å². The van der Waals surface area contributed by atoms with Gasteiger partial charge in [0.1, 0.15) is 0 Å². The Labute approximate surface area is 125 Å². The van der Waals surface area contributed by atoms with Crippen molar-refractivity contribution in [3.8, 4) is 0 Å². The maximum absolute atomic E-state index is 12.5. The summed E-state index contributed by atoms with van der Waals surface area (Å²) in [5, 5.41) is 0. The van der Waals surface area contributed by atoms with Crippen molar-refractivity contribution in [2.75, 3.05) is 0 Å². The van der Waals surface area contributed by atoms with Gasteiger partial charge >= 0.3 is 0 Å². The number of thiophene rings is 1. The second-order valence-corrected chi connectivity index (χ2v) is 8.62. The predicted octanol–water partition coefficient (Wildman–Crippen LogP) is 2.76. The van der Waals surface area contributed by atoms with Crippen molar-refractivity contribution >= 4 is 21.4 Å². The summed E-state index contributed by atoms with van der Waals surface area (Å²) in [6.45, 7) is 4.41. The Morgan fingerprint density at radius 2 is 2.20 bits per heavy atom. The van der Waals surface area contributed by atoms with Gasteiger partial charge in [0.25, 0.3) is 0 Å². The molecule has 1 aliphatic carbocycles. The maximum Gasteiger partial charge on any atom is 0.241 e. The van der Waals surface area contributed by atoms with Crippen LogP contribution in [-0.4, -0.2) is 14.5 Å². The highest BCUT2D eigenvalue weighted by molar-refractivity contribution is 7.89. The minimum absolute atomic E-state index is 0.0827.